The topological polar surface area (TPSA) is 103 Å². The molecule has 0 unspecified atom stereocenters. The number of para-hydroxylation sites is 1. The largest absolute Gasteiger partial charge is 0.493 e. The summed E-state index contributed by atoms with van der Waals surface area (Å²) in [6.07, 6.45) is 6.90. The number of carbonyl (C=O) groups excluding carboxylic acids is 2. The second-order valence-electron chi connectivity index (χ2n) is 7.65. The fourth-order valence-corrected chi connectivity index (χ4v) is 3.42. The van der Waals surface area contributed by atoms with E-state index in [9.17, 15) is 9.59 Å². The Bertz CT molecular complexity index is 1180. The Labute approximate surface area is 197 Å². The van der Waals surface area contributed by atoms with Crippen LogP contribution in [-0.2, 0) is 22.7 Å². The first-order valence-corrected chi connectivity index (χ1v) is 11.0. The van der Waals surface area contributed by atoms with Crippen LogP contribution < -0.4 is 15.4 Å². The van der Waals surface area contributed by atoms with E-state index >= 15 is 0 Å². The monoisotopic (exact) mass is 458 g/mol. The van der Waals surface area contributed by atoms with Crippen molar-refractivity contribution < 1.29 is 14.3 Å². The summed E-state index contributed by atoms with van der Waals surface area (Å²) in [6.45, 7) is 0.799. The number of hydrogen-bond acceptors (Lipinski definition) is 5. The minimum atomic E-state index is -0.243. The fourth-order valence-electron chi connectivity index (χ4n) is 3.42. The number of benzene rings is 2. The number of anilines is 1. The first kappa shape index (κ1) is 22.8. The molecule has 0 saturated carbocycles. The van der Waals surface area contributed by atoms with Crippen molar-refractivity contribution in [3.63, 3.8) is 0 Å². The van der Waals surface area contributed by atoms with Crippen LogP contribution in [0, 0.1) is 0 Å². The lowest BCUT2D eigenvalue weighted by atomic mass is 10.1. The molecule has 0 fully saturated rings. The van der Waals surface area contributed by atoms with Crippen molar-refractivity contribution in [2.75, 3.05) is 11.9 Å². The number of hydrogen-bond donors (Lipinski definition) is 2. The fraction of sp³-hybridized carbons (Fsp3) is 0.200. The smallest absolute Gasteiger partial charge is 0.242 e. The summed E-state index contributed by atoms with van der Waals surface area (Å²) in [5.74, 6) is 0.331. The van der Waals surface area contributed by atoms with Gasteiger partial charge in [-0.15, -0.1) is 0 Å². The predicted octanol–water partition coefficient (Wildman–Crippen LogP) is 3.04. The lowest BCUT2D eigenvalue weighted by Crippen LogP contribution is -2.34. The Morgan fingerprint density at radius 1 is 0.912 bits per heavy atom. The molecule has 0 bridgehead atoms. The van der Waals surface area contributed by atoms with Crippen LogP contribution in [0.25, 0.3) is 0 Å². The van der Waals surface area contributed by atoms with Crippen molar-refractivity contribution in [2.24, 2.45) is 0 Å². The molecule has 0 saturated heterocycles. The average Bonchev–Trinajstić information content (AvgIpc) is 3.52. The first-order valence-electron chi connectivity index (χ1n) is 11.0. The van der Waals surface area contributed by atoms with E-state index in [1.165, 1.54) is 10.9 Å². The van der Waals surface area contributed by atoms with Gasteiger partial charge in [0.2, 0.25) is 11.8 Å². The van der Waals surface area contributed by atoms with Gasteiger partial charge in [-0.25, -0.2) is 0 Å². The summed E-state index contributed by atoms with van der Waals surface area (Å²) in [4.78, 5) is 24.9. The Balaban J connectivity index is 1.27. The third kappa shape index (κ3) is 6.80. The minimum Gasteiger partial charge on any atom is -0.493 e. The summed E-state index contributed by atoms with van der Waals surface area (Å²) in [5.41, 5.74) is 1.51. The maximum atomic E-state index is 12.7. The molecule has 9 heteroatoms. The van der Waals surface area contributed by atoms with Crippen LogP contribution >= 0.6 is 0 Å². The molecule has 2 heterocycles. The number of aromatic nitrogens is 4. The lowest BCUT2D eigenvalue weighted by molar-refractivity contribution is -0.122. The van der Waals surface area contributed by atoms with E-state index in [2.05, 4.69) is 20.8 Å². The number of rotatable bonds is 11. The Kier molecular flexibility index (Phi) is 7.68. The Hall–Kier alpha value is -4.40. The number of ether oxygens (including phenoxy) is 1. The molecule has 2 amide bonds. The molecular weight excluding hydrogens is 432 g/mol. The van der Waals surface area contributed by atoms with E-state index in [0.29, 0.717) is 12.2 Å². The maximum absolute atomic E-state index is 12.7. The van der Waals surface area contributed by atoms with Crippen LogP contribution in [0.5, 0.6) is 5.75 Å². The van der Waals surface area contributed by atoms with Crippen molar-refractivity contribution >= 4 is 17.5 Å². The third-order valence-electron chi connectivity index (χ3n) is 5.03. The number of nitrogens with one attached hydrogen (secondary N) is 2. The molecule has 4 rings (SSSR count). The zero-order valence-corrected chi connectivity index (χ0v) is 18.6. The van der Waals surface area contributed by atoms with Crippen LogP contribution in [0.2, 0.25) is 0 Å². The molecular formula is C25H26N6O3. The quantitative estimate of drug-likeness (QED) is 0.360. The van der Waals surface area contributed by atoms with Crippen LogP contribution in [0.15, 0.2) is 91.5 Å². The molecule has 4 aromatic rings. The molecule has 174 valence electrons. The molecule has 9 nitrogen and oxygen atoms in total. The molecule has 0 spiro atoms. The summed E-state index contributed by atoms with van der Waals surface area (Å²) in [5, 5.41) is 14.2. The highest BCUT2D eigenvalue weighted by molar-refractivity contribution is 5.90. The first-order chi connectivity index (χ1) is 16.7. The van der Waals surface area contributed by atoms with Crippen molar-refractivity contribution in [1.29, 1.82) is 0 Å². The van der Waals surface area contributed by atoms with Gasteiger partial charge in [-0.2, -0.15) is 10.2 Å². The highest BCUT2D eigenvalue weighted by Crippen LogP contribution is 2.15. The molecule has 34 heavy (non-hydrogen) atoms. The van der Waals surface area contributed by atoms with Gasteiger partial charge in [-0.3, -0.25) is 19.0 Å². The van der Waals surface area contributed by atoms with Crippen LogP contribution in [0.1, 0.15) is 18.0 Å². The number of amides is 2. The lowest BCUT2D eigenvalue weighted by Gasteiger charge is -2.19. The van der Waals surface area contributed by atoms with Crippen LogP contribution in [-0.4, -0.2) is 38.0 Å². The van der Waals surface area contributed by atoms with Gasteiger partial charge in [0.15, 0.2) is 0 Å². The van der Waals surface area contributed by atoms with Gasteiger partial charge in [-0.1, -0.05) is 48.5 Å². The van der Waals surface area contributed by atoms with Gasteiger partial charge in [0, 0.05) is 18.6 Å². The van der Waals surface area contributed by atoms with Gasteiger partial charge in [0.05, 0.1) is 37.5 Å². The van der Waals surface area contributed by atoms with Crippen molar-refractivity contribution in [2.45, 2.75) is 25.6 Å². The van der Waals surface area contributed by atoms with Gasteiger partial charge < -0.3 is 15.4 Å². The second kappa shape index (κ2) is 11.5. The summed E-state index contributed by atoms with van der Waals surface area (Å²) >= 11 is 0. The molecule has 1 atom stereocenters. The van der Waals surface area contributed by atoms with E-state index in [-0.39, 0.29) is 37.4 Å². The average molecular weight is 459 g/mol. The zero-order valence-electron chi connectivity index (χ0n) is 18.6. The molecule has 2 aromatic carbocycles. The molecule has 0 aliphatic heterocycles. The van der Waals surface area contributed by atoms with E-state index in [1.807, 2.05) is 72.9 Å². The normalized spacial score (nSPS) is 11.5. The van der Waals surface area contributed by atoms with E-state index < -0.39 is 0 Å². The molecule has 0 aliphatic carbocycles. The van der Waals surface area contributed by atoms with Gasteiger partial charge >= 0.3 is 0 Å². The van der Waals surface area contributed by atoms with E-state index in [0.717, 1.165) is 11.3 Å². The molecule has 0 radical (unpaired) electrons. The molecule has 2 N–H and O–H groups in total. The highest BCUT2D eigenvalue weighted by atomic mass is 16.5. The number of carbonyl (C=O) groups is 2. The number of nitrogens with zero attached hydrogens (tertiary/aromatic N) is 4. The van der Waals surface area contributed by atoms with Gasteiger partial charge in [-0.05, 0) is 23.8 Å². The maximum Gasteiger partial charge on any atom is 0.242 e. The Morgan fingerprint density at radius 3 is 2.41 bits per heavy atom. The van der Waals surface area contributed by atoms with Crippen LogP contribution in [0.4, 0.5) is 5.69 Å². The summed E-state index contributed by atoms with van der Waals surface area (Å²) in [7, 11) is 0. The summed E-state index contributed by atoms with van der Waals surface area (Å²) < 4.78 is 8.81. The van der Waals surface area contributed by atoms with Crippen molar-refractivity contribution in [3.05, 3.63) is 97.1 Å². The SMILES string of the molecule is O=C(CCOc1ccccc1)Nc1cnn(CC(=O)N[C@H](Cn2cccn2)c2ccccc2)c1. The third-order valence-corrected chi connectivity index (χ3v) is 5.03. The van der Waals surface area contributed by atoms with Crippen molar-refractivity contribution in [1.82, 2.24) is 24.9 Å². The summed E-state index contributed by atoms with van der Waals surface area (Å²) in [6, 6.07) is 20.7. The standard InChI is InChI=1S/C25H26N6O3/c32-24(12-15-34-22-10-5-2-6-11-22)28-21-16-27-31(17-21)19-25(33)29-23(18-30-14-7-13-26-30)20-8-3-1-4-9-20/h1-11,13-14,16-17,23H,12,15,18-19H2,(H,28,32)(H,29,33)/t23-/m1/s1. The van der Waals surface area contributed by atoms with E-state index in [1.54, 1.807) is 17.1 Å². The second-order valence-corrected chi connectivity index (χ2v) is 7.65. The minimum absolute atomic E-state index is 0.0232. The molecule has 0 aliphatic rings. The highest BCUT2D eigenvalue weighted by Gasteiger charge is 2.16. The van der Waals surface area contributed by atoms with Gasteiger partial charge in [0.25, 0.3) is 0 Å². The van der Waals surface area contributed by atoms with Crippen LogP contribution in [0.3, 0.4) is 0 Å². The predicted molar refractivity (Wildman–Crippen MR) is 127 cm³/mol. The Morgan fingerprint density at radius 2 is 1.68 bits per heavy atom. The van der Waals surface area contributed by atoms with Crippen molar-refractivity contribution in [3.8, 4) is 5.75 Å². The molecule has 2 aromatic heterocycles. The van der Waals surface area contributed by atoms with Gasteiger partial charge in [0.1, 0.15) is 12.3 Å². The van der Waals surface area contributed by atoms with E-state index in [4.69, 9.17) is 4.74 Å². The zero-order chi connectivity index (χ0) is 23.6.